The number of hydrogen-bond donors (Lipinski definition) is 1. The van der Waals surface area contributed by atoms with Gasteiger partial charge in [0.2, 0.25) is 10.0 Å². The Balaban J connectivity index is 1.64. The van der Waals surface area contributed by atoms with Crippen LogP contribution in [0, 0.1) is 6.92 Å². The number of hydrogen-bond acceptors (Lipinski definition) is 5. The fraction of sp³-hybridized carbons (Fsp3) is 0.296. The Morgan fingerprint density at radius 1 is 1.00 bits per heavy atom. The molecule has 4 rings (SSSR count). The molecular formula is C27H30N2O4S2. The van der Waals surface area contributed by atoms with Crippen LogP contribution in [0.2, 0.25) is 0 Å². The molecule has 1 atom stereocenters. The van der Waals surface area contributed by atoms with E-state index in [-0.39, 0.29) is 15.7 Å². The lowest BCUT2D eigenvalue weighted by atomic mass is 9.94. The van der Waals surface area contributed by atoms with E-state index in [0.717, 1.165) is 44.9 Å². The molecule has 0 aliphatic carbocycles. The summed E-state index contributed by atoms with van der Waals surface area (Å²) in [6, 6.07) is 18.1. The summed E-state index contributed by atoms with van der Waals surface area (Å²) < 4.78 is 37.2. The number of thiazole rings is 1. The van der Waals surface area contributed by atoms with Gasteiger partial charge in [0.1, 0.15) is 5.75 Å². The first-order valence-electron chi connectivity index (χ1n) is 11.5. The molecule has 0 amide bonds. The van der Waals surface area contributed by atoms with E-state index in [1.54, 1.807) is 29.9 Å². The lowest BCUT2D eigenvalue weighted by Crippen LogP contribution is -2.27. The Bertz CT molecular complexity index is 1520. The maximum atomic E-state index is 13.3. The van der Waals surface area contributed by atoms with Crippen LogP contribution >= 0.6 is 11.3 Å². The summed E-state index contributed by atoms with van der Waals surface area (Å²) in [5.74, 6) is 1.04. The molecule has 35 heavy (non-hydrogen) atoms. The van der Waals surface area contributed by atoms with Gasteiger partial charge in [-0.3, -0.25) is 9.36 Å². The molecular weight excluding hydrogens is 480 g/mol. The van der Waals surface area contributed by atoms with Gasteiger partial charge in [-0.25, -0.2) is 13.1 Å². The predicted octanol–water partition coefficient (Wildman–Crippen LogP) is 5.59. The topological polar surface area (TPSA) is 77.4 Å². The Morgan fingerprint density at radius 2 is 1.71 bits per heavy atom. The van der Waals surface area contributed by atoms with Crippen LogP contribution < -0.4 is 14.3 Å². The van der Waals surface area contributed by atoms with Crippen molar-refractivity contribution in [2.75, 3.05) is 7.11 Å². The second-order valence-corrected chi connectivity index (χ2v) is 11.7. The third kappa shape index (κ3) is 5.19. The number of benzene rings is 3. The first-order valence-corrected chi connectivity index (χ1v) is 13.8. The van der Waals surface area contributed by atoms with Crippen LogP contribution in [0.15, 0.2) is 70.4 Å². The van der Waals surface area contributed by atoms with Crippen molar-refractivity contribution in [3.8, 4) is 5.75 Å². The van der Waals surface area contributed by atoms with Crippen LogP contribution in [-0.4, -0.2) is 20.1 Å². The molecule has 3 aromatic carbocycles. The summed E-state index contributed by atoms with van der Waals surface area (Å²) in [5.41, 5.74) is 4.62. The molecule has 0 aliphatic rings. The number of methoxy groups -OCH3 is 1. The van der Waals surface area contributed by atoms with Crippen molar-refractivity contribution in [3.63, 3.8) is 0 Å². The van der Waals surface area contributed by atoms with Gasteiger partial charge in [0.25, 0.3) is 0 Å². The summed E-state index contributed by atoms with van der Waals surface area (Å²) in [6.07, 6.45) is 0. The highest BCUT2D eigenvalue weighted by molar-refractivity contribution is 7.89. The van der Waals surface area contributed by atoms with Gasteiger partial charge in [-0.15, -0.1) is 0 Å². The van der Waals surface area contributed by atoms with Crippen LogP contribution in [0.3, 0.4) is 0 Å². The Kier molecular flexibility index (Phi) is 7.17. The van der Waals surface area contributed by atoms with E-state index >= 15 is 0 Å². The molecule has 0 fully saturated rings. The minimum absolute atomic E-state index is 0.116. The molecule has 8 heteroatoms. The molecule has 184 valence electrons. The number of nitrogens with zero attached hydrogens (tertiary/aromatic N) is 1. The zero-order valence-corrected chi connectivity index (χ0v) is 22.2. The molecule has 0 aliphatic heterocycles. The van der Waals surface area contributed by atoms with Crippen LogP contribution in [0.25, 0.3) is 10.2 Å². The van der Waals surface area contributed by atoms with E-state index in [9.17, 15) is 13.2 Å². The third-order valence-corrected chi connectivity index (χ3v) is 8.65. The summed E-state index contributed by atoms with van der Waals surface area (Å²) >= 11 is 1.06. The van der Waals surface area contributed by atoms with Crippen LogP contribution in [-0.2, 0) is 16.6 Å². The van der Waals surface area contributed by atoms with Crippen molar-refractivity contribution < 1.29 is 13.2 Å². The normalized spacial score (nSPS) is 12.9. The summed E-state index contributed by atoms with van der Waals surface area (Å²) in [4.78, 5) is 12.7. The number of nitrogens with one attached hydrogen (secondary N) is 1. The summed E-state index contributed by atoms with van der Waals surface area (Å²) in [7, 11) is -2.17. The number of ether oxygens (including phenoxy) is 1. The van der Waals surface area contributed by atoms with Crippen molar-refractivity contribution >= 4 is 31.6 Å². The van der Waals surface area contributed by atoms with E-state index in [4.69, 9.17) is 4.74 Å². The van der Waals surface area contributed by atoms with Gasteiger partial charge < -0.3 is 4.74 Å². The monoisotopic (exact) mass is 510 g/mol. The molecule has 0 radical (unpaired) electrons. The van der Waals surface area contributed by atoms with Crippen LogP contribution in [0.4, 0.5) is 0 Å². The quantitative estimate of drug-likeness (QED) is 0.335. The number of aryl methyl sites for hydroxylation is 1. The number of rotatable bonds is 8. The SMILES string of the molecule is COc1cc(C)c([C@H](C)NS(=O)(=O)c2ccc3c(c2)sc(=O)n3Cc2ccccc2)cc1C(C)C. The van der Waals surface area contributed by atoms with E-state index in [2.05, 4.69) is 18.6 Å². The van der Waals surface area contributed by atoms with Gasteiger partial charge in [0.15, 0.2) is 0 Å². The Labute approximate surface area is 210 Å². The van der Waals surface area contributed by atoms with E-state index in [1.165, 1.54) is 0 Å². The molecule has 4 aromatic rings. The van der Waals surface area contributed by atoms with Gasteiger partial charge >= 0.3 is 4.87 Å². The first-order chi connectivity index (χ1) is 16.6. The van der Waals surface area contributed by atoms with Gasteiger partial charge in [-0.2, -0.15) is 0 Å². The lowest BCUT2D eigenvalue weighted by Gasteiger charge is -2.21. The highest BCUT2D eigenvalue weighted by atomic mass is 32.2. The standard InChI is InChI=1S/C27H30N2O4S2/c1-17(2)22-15-23(18(3)13-25(22)33-5)19(4)28-35(31,32)21-11-12-24-26(14-21)34-27(30)29(24)16-20-9-7-6-8-10-20/h6-15,17,19,28H,16H2,1-5H3/t19-/m0/s1. The van der Waals surface area contributed by atoms with Crippen molar-refractivity contribution in [1.82, 2.24) is 9.29 Å². The molecule has 1 aromatic heterocycles. The molecule has 0 bridgehead atoms. The number of sulfonamides is 1. The molecule has 6 nitrogen and oxygen atoms in total. The average molecular weight is 511 g/mol. The zero-order chi connectivity index (χ0) is 25.3. The predicted molar refractivity (Wildman–Crippen MR) is 142 cm³/mol. The number of fused-ring (bicyclic) bond motifs is 1. The van der Waals surface area contributed by atoms with Gasteiger partial charge in [0, 0.05) is 6.04 Å². The average Bonchev–Trinajstić information content (AvgIpc) is 3.13. The van der Waals surface area contributed by atoms with E-state index in [0.29, 0.717) is 11.2 Å². The minimum atomic E-state index is -3.81. The van der Waals surface area contributed by atoms with Gasteiger partial charge in [-0.05, 0) is 72.4 Å². The van der Waals surface area contributed by atoms with Crippen molar-refractivity contribution in [2.24, 2.45) is 0 Å². The third-order valence-electron chi connectivity index (χ3n) is 6.17. The fourth-order valence-electron chi connectivity index (χ4n) is 4.30. The van der Waals surface area contributed by atoms with Crippen molar-refractivity contribution in [2.45, 2.75) is 51.1 Å². The Morgan fingerprint density at radius 3 is 2.37 bits per heavy atom. The minimum Gasteiger partial charge on any atom is -0.496 e. The fourth-order valence-corrected chi connectivity index (χ4v) is 6.56. The molecule has 0 saturated heterocycles. The Hall–Kier alpha value is -2.94. The first kappa shape index (κ1) is 25.2. The molecule has 0 saturated carbocycles. The molecule has 0 unspecified atom stereocenters. The van der Waals surface area contributed by atoms with Crippen LogP contribution in [0.1, 0.15) is 55.0 Å². The summed E-state index contributed by atoms with van der Waals surface area (Å²) in [6.45, 7) is 8.39. The van der Waals surface area contributed by atoms with E-state index < -0.39 is 16.1 Å². The molecule has 1 N–H and O–H groups in total. The zero-order valence-electron chi connectivity index (χ0n) is 20.5. The highest BCUT2D eigenvalue weighted by Gasteiger charge is 2.22. The lowest BCUT2D eigenvalue weighted by molar-refractivity contribution is 0.406. The maximum Gasteiger partial charge on any atom is 0.308 e. The second kappa shape index (κ2) is 9.97. The second-order valence-electron chi connectivity index (χ2n) is 9.02. The van der Waals surface area contributed by atoms with Crippen molar-refractivity contribution in [3.05, 3.63) is 92.6 Å². The van der Waals surface area contributed by atoms with Crippen LogP contribution in [0.5, 0.6) is 5.75 Å². The van der Waals surface area contributed by atoms with Gasteiger partial charge in [-0.1, -0.05) is 55.5 Å². The largest absolute Gasteiger partial charge is 0.496 e. The van der Waals surface area contributed by atoms with E-state index in [1.807, 2.05) is 56.3 Å². The maximum absolute atomic E-state index is 13.3. The molecule has 0 spiro atoms. The summed E-state index contributed by atoms with van der Waals surface area (Å²) in [5, 5.41) is 0. The van der Waals surface area contributed by atoms with Crippen molar-refractivity contribution in [1.29, 1.82) is 0 Å². The highest BCUT2D eigenvalue weighted by Crippen LogP contribution is 2.33. The molecule has 1 heterocycles. The smallest absolute Gasteiger partial charge is 0.308 e. The van der Waals surface area contributed by atoms with Gasteiger partial charge in [0.05, 0.1) is 28.8 Å². The number of aromatic nitrogens is 1.